The normalized spacial score (nSPS) is 18.1. The van der Waals surface area contributed by atoms with Crippen molar-refractivity contribution in [1.82, 2.24) is 19.9 Å². The van der Waals surface area contributed by atoms with Crippen molar-refractivity contribution in [2.45, 2.75) is 18.9 Å². The fraction of sp³-hybridized carbons (Fsp3) is 0.294. The van der Waals surface area contributed by atoms with E-state index in [9.17, 15) is 4.39 Å². The highest BCUT2D eigenvalue weighted by molar-refractivity contribution is 5.71. The molecule has 22 heavy (non-hydrogen) atoms. The fourth-order valence-corrected chi connectivity index (χ4v) is 3.13. The Kier molecular flexibility index (Phi) is 3.35. The minimum atomic E-state index is -0.209. The fourth-order valence-electron chi connectivity index (χ4n) is 3.13. The highest BCUT2D eigenvalue weighted by Gasteiger charge is 2.22. The Balaban J connectivity index is 1.78. The average Bonchev–Trinajstić information content (AvgIpc) is 3.16. The Morgan fingerprint density at radius 2 is 2.09 bits per heavy atom. The smallest absolute Gasteiger partial charge is 0.160 e. The van der Waals surface area contributed by atoms with Gasteiger partial charge in [-0.05, 0) is 42.8 Å². The van der Waals surface area contributed by atoms with Gasteiger partial charge in [0.1, 0.15) is 17.2 Å². The topological polar surface area (TPSA) is 42.7 Å². The molecule has 4 nitrogen and oxygen atoms in total. The number of hydrogen-bond donors (Lipinski definition) is 1. The number of imidazole rings is 1. The Bertz CT molecular complexity index is 788. The Labute approximate surface area is 128 Å². The van der Waals surface area contributed by atoms with E-state index in [1.165, 1.54) is 12.1 Å². The molecule has 3 aromatic rings. The summed E-state index contributed by atoms with van der Waals surface area (Å²) in [6, 6.07) is 10.9. The van der Waals surface area contributed by atoms with Crippen molar-refractivity contribution < 1.29 is 4.39 Å². The van der Waals surface area contributed by atoms with E-state index in [1.54, 1.807) is 0 Å². The molecule has 5 heteroatoms. The van der Waals surface area contributed by atoms with Crippen LogP contribution in [0.1, 0.15) is 23.9 Å². The Hall–Kier alpha value is -2.27. The van der Waals surface area contributed by atoms with Gasteiger partial charge < -0.3 is 9.88 Å². The number of aromatic nitrogens is 3. The third-order valence-electron chi connectivity index (χ3n) is 4.20. The van der Waals surface area contributed by atoms with Crippen LogP contribution < -0.4 is 5.32 Å². The molecule has 0 radical (unpaired) electrons. The molecule has 0 saturated carbocycles. The lowest BCUT2D eigenvalue weighted by atomic mass is 10.1. The van der Waals surface area contributed by atoms with E-state index < -0.39 is 0 Å². The van der Waals surface area contributed by atoms with Gasteiger partial charge in [0.25, 0.3) is 0 Å². The molecule has 1 fully saturated rings. The molecule has 0 spiro atoms. The predicted molar refractivity (Wildman–Crippen MR) is 83.3 cm³/mol. The Morgan fingerprint density at radius 1 is 1.23 bits per heavy atom. The highest BCUT2D eigenvalue weighted by atomic mass is 19.1. The Morgan fingerprint density at radius 3 is 2.86 bits per heavy atom. The number of benzene rings is 1. The zero-order valence-corrected chi connectivity index (χ0v) is 12.2. The van der Waals surface area contributed by atoms with Gasteiger partial charge >= 0.3 is 0 Å². The van der Waals surface area contributed by atoms with Gasteiger partial charge in [-0.2, -0.15) is 0 Å². The molecule has 112 valence electrons. The summed E-state index contributed by atoms with van der Waals surface area (Å²) in [5.74, 6) is 0.785. The highest BCUT2D eigenvalue weighted by Crippen LogP contribution is 2.25. The number of pyridine rings is 1. The van der Waals surface area contributed by atoms with Gasteiger partial charge in [-0.3, -0.25) is 0 Å². The minimum Gasteiger partial charge on any atom is -0.315 e. The van der Waals surface area contributed by atoms with Crippen LogP contribution in [0.5, 0.6) is 0 Å². The van der Waals surface area contributed by atoms with Crippen LogP contribution >= 0.6 is 0 Å². The molecule has 1 aliphatic rings. The monoisotopic (exact) mass is 296 g/mol. The maximum absolute atomic E-state index is 13.1. The van der Waals surface area contributed by atoms with Crippen molar-refractivity contribution in [3.63, 3.8) is 0 Å². The van der Waals surface area contributed by atoms with E-state index in [0.29, 0.717) is 12.5 Å². The number of rotatable bonds is 3. The maximum Gasteiger partial charge on any atom is 0.160 e. The van der Waals surface area contributed by atoms with Crippen LogP contribution in [-0.2, 0) is 6.42 Å². The van der Waals surface area contributed by atoms with Crippen LogP contribution in [0.3, 0.4) is 0 Å². The van der Waals surface area contributed by atoms with Crippen LogP contribution in [0.4, 0.5) is 4.39 Å². The van der Waals surface area contributed by atoms with E-state index in [2.05, 4.69) is 14.9 Å². The largest absolute Gasteiger partial charge is 0.315 e. The molecule has 1 atom stereocenters. The first-order valence-corrected chi connectivity index (χ1v) is 7.58. The quantitative estimate of drug-likeness (QED) is 0.808. The molecule has 1 aliphatic heterocycles. The molecule has 1 aromatic carbocycles. The van der Waals surface area contributed by atoms with Gasteiger partial charge in [0.15, 0.2) is 5.65 Å². The SMILES string of the molecule is Fc1ccc(Cc2nc3cccnc3n2C2CCNC2)cc1. The van der Waals surface area contributed by atoms with Gasteiger partial charge in [-0.25, -0.2) is 14.4 Å². The summed E-state index contributed by atoms with van der Waals surface area (Å²) in [5, 5.41) is 3.40. The number of nitrogens with one attached hydrogen (secondary N) is 1. The van der Waals surface area contributed by atoms with E-state index >= 15 is 0 Å². The molecule has 0 bridgehead atoms. The lowest BCUT2D eigenvalue weighted by Crippen LogP contribution is -2.16. The third-order valence-corrected chi connectivity index (χ3v) is 4.20. The van der Waals surface area contributed by atoms with E-state index in [-0.39, 0.29) is 5.82 Å². The average molecular weight is 296 g/mol. The molecule has 3 heterocycles. The van der Waals surface area contributed by atoms with Crippen LogP contribution in [-0.4, -0.2) is 27.6 Å². The van der Waals surface area contributed by atoms with Crippen LogP contribution in [0.2, 0.25) is 0 Å². The lowest BCUT2D eigenvalue weighted by Gasteiger charge is -2.15. The molecule has 1 unspecified atom stereocenters. The van der Waals surface area contributed by atoms with Gasteiger partial charge in [-0.1, -0.05) is 12.1 Å². The molecular formula is C17H17FN4. The van der Waals surface area contributed by atoms with Crippen LogP contribution in [0.15, 0.2) is 42.6 Å². The van der Waals surface area contributed by atoms with E-state index in [4.69, 9.17) is 4.98 Å². The number of fused-ring (bicyclic) bond motifs is 1. The molecule has 1 saturated heterocycles. The summed E-state index contributed by atoms with van der Waals surface area (Å²) in [4.78, 5) is 9.27. The summed E-state index contributed by atoms with van der Waals surface area (Å²) in [6.07, 6.45) is 3.58. The molecule has 0 amide bonds. The molecular weight excluding hydrogens is 279 g/mol. The first-order chi connectivity index (χ1) is 10.8. The van der Waals surface area contributed by atoms with Crippen molar-refractivity contribution in [3.05, 3.63) is 59.8 Å². The van der Waals surface area contributed by atoms with Crippen molar-refractivity contribution in [2.75, 3.05) is 13.1 Å². The standard InChI is InChI=1S/C17H17FN4/c18-13-5-3-12(4-6-13)10-16-21-15-2-1-8-20-17(15)22(16)14-7-9-19-11-14/h1-6,8,14,19H,7,9-11H2. The number of hydrogen-bond acceptors (Lipinski definition) is 3. The lowest BCUT2D eigenvalue weighted by molar-refractivity contribution is 0.538. The van der Waals surface area contributed by atoms with Crippen molar-refractivity contribution in [2.24, 2.45) is 0 Å². The summed E-state index contributed by atoms with van der Waals surface area (Å²) >= 11 is 0. The van der Waals surface area contributed by atoms with Crippen molar-refractivity contribution in [1.29, 1.82) is 0 Å². The van der Waals surface area contributed by atoms with Gasteiger partial charge in [0, 0.05) is 19.2 Å². The summed E-state index contributed by atoms with van der Waals surface area (Å²) in [6.45, 7) is 1.96. The minimum absolute atomic E-state index is 0.209. The molecule has 0 aliphatic carbocycles. The van der Waals surface area contributed by atoms with Gasteiger partial charge in [0.05, 0.1) is 6.04 Å². The summed E-state index contributed by atoms with van der Waals surface area (Å²) < 4.78 is 15.3. The second-order valence-electron chi connectivity index (χ2n) is 5.69. The number of nitrogens with zero attached hydrogens (tertiary/aromatic N) is 3. The van der Waals surface area contributed by atoms with Crippen molar-refractivity contribution >= 4 is 11.2 Å². The first kappa shape index (κ1) is 13.4. The zero-order valence-electron chi connectivity index (χ0n) is 12.2. The summed E-state index contributed by atoms with van der Waals surface area (Å²) in [5.41, 5.74) is 2.92. The van der Waals surface area contributed by atoms with Gasteiger partial charge in [0.2, 0.25) is 0 Å². The molecule has 2 aromatic heterocycles. The number of halogens is 1. The maximum atomic E-state index is 13.1. The van der Waals surface area contributed by atoms with Crippen LogP contribution in [0, 0.1) is 5.82 Å². The second-order valence-corrected chi connectivity index (χ2v) is 5.69. The van der Waals surface area contributed by atoms with Crippen LogP contribution in [0.25, 0.3) is 11.2 Å². The van der Waals surface area contributed by atoms with E-state index in [0.717, 1.165) is 42.1 Å². The zero-order chi connectivity index (χ0) is 14.9. The second kappa shape index (κ2) is 5.50. The van der Waals surface area contributed by atoms with Gasteiger partial charge in [-0.15, -0.1) is 0 Å². The predicted octanol–water partition coefficient (Wildman–Crippen LogP) is 2.70. The van der Waals surface area contributed by atoms with Crippen molar-refractivity contribution in [3.8, 4) is 0 Å². The molecule has 4 rings (SSSR count). The first-order valence-electron chi connectivity index (χ1n) is 7.58. The summed E-state index contributed by atoms with van der Waals surface area (Å²) in [7, 11) is 0. The third kappa shape index (κ3) is 2.37. The molecule has 1 N–H and O–H groups in total. The van der Waals surface area contributed by atoms with E-state index in [1.807, 2.05) is 30.5 Å².